The topological polar surface area (TPSA) is 94.5 Å². The second kappa shape index (κ2) is 10.3. The molecule has 0 fully saturated rings. The molecule has 3 aromatic rings. The highest BCUT2D eigenvalue weighted by Gasteiger charge is 2.31. The highest BCUT2D eigenvalue weighted by Crippen LogP contribution is 2.31. The number of aromatic nitrogens is 1. The molecule has 1 heterocycles. The van der Waals surface area contributed by atoms with Crippen LogP contribution in [0.3, 0.4) is 0 Å². The lowest BCUT2D eigenvalue weighted by Crippen LogP contribution is -2.34. The molecule has 1 atom stereocenters. The quantitative estimate of drug-likeness (QED) is 0.502. The van der Waals surface area contributed by atoms with Crippen molar-refractivity contribution in [2.24, 2.45) is 0 Å². The Morgan fingerprint density at radius 3 is 2.31 bits per heavy atom. The number of rotatable bonds is 7. The van der Waals surface area contributed by atoms with Gasteiger partial charge in [0.15, 0.2) is 9.84 Å². The molecular formula is C25H25F3N2O5S. The van der Waals surface area contributed by atoms with E-state index in [4.69, 9.17) is 4.74 Å². The third-order valence-corrected chi connectivity index (χ3v) is 6.89. The second-order valence-corrected chi connectivity index (χ2v) is 10.3. The summed E-state index contributed by atoms with van der Waals surface area (Å²) in [6.07, 6.45) is -4.09. The zero-order valence-corrected chi connectivity index (χ0v) is 20.8. The zero-order chi connectivity index (χ0) is 26.8. The van der Waals surface area contributed by atoms with E-state index in [1.54, 1.807) is 13.8 Å². The smallest absolute Gasteiger partial charge is 0.377 e. The van der Waals surface area contributed by atoms with Gasteiger partial charge < -0.3 is 10.1 Å². The van der Waals surface area contributed by atoms with Gasteiger partial charge in [0, 0.05) is 36.9 Å². The van der Waals surface area contributed by atoms with E-state index in [9.17, 15) is 31.2 Å². The molecule has 0 aliphatic rings. The molecule has 1 unspecified atom stereocenters. The van der Waals surface area contributed by atoms with E-state index >= 15 is 0 Å². The van der Waals surface area contributed by atoms with Gasteiger partial charge in [0.25, 0.3) is 11.5 Å². The normalized spacial score (nSPS) is 12.9. The number of nitrogens with zero attached hydrogens (tertiary/aromatic N) is 1. The maximum atomic E-state index is 13.3. The molecule has 1 amide bonds. The third kappa shape index (κ3) is 5.85. The number of ether oxygens (including phenoxy) is 1. The van der Waals surface area contributed by atoms with E-state index < -0.39 is 39.1 Å². The molecule has 0 aliphatic heterocycles. The summed E-state index contributed by atoms with van der Waals surface area (Å²) in [5.41, 5.74) is -0.651. The summed E-state index contributed by atoms with van der Waals surface area (Å²) in [5.74, 6) is -0.738. The van der Waals surface area contributed by atoms with Crippen molar-refractivity contribution < 1.29 is 31.1 Å². The lowest BCUT2D eigenvalue weighted by Gasteiger charge is -2.20. The van der Waals surface area contributed by atoms with Crippen molar-refractivity contribution in [3.05, 3.63) is 92.9 Å². The molecule has 1 N–H and O–H groups in total. The first kappa shape index (κ1) is 27.2. The molecular weight excluding hydrogens is 497 g/mol. The molecule has 2 aromatic carbocycles. The number of hydrogen-bond acceptors (Lipinski definition) is 5. The average Bonchev–Trinajstić information content (AvgIpc) is 2.81. The van der Waals surface area contributed by atoms with Crippen LogP contribution in [-0.2, 0) is 27.3 Å². The largest absolute Gasteiger partial charge is 0.416 e. The van der Waals surface area contributed by atoms with Crippen LogP contribution in [-0.4, -0.2) is 32.3 Å². The average molecular weight is 523 g/mol. The predicted octanol–water partition coefficient (Wildman–Crippen LogP) is 4.21. The SMILES string of the molecule is COC(C)c1cc(C(=O)NCc2ccc(S(C)(=O)=O)cc2)c(=O)n(-c2cccc(C(F)(F)F)c2)c1C. The molecule has 1 aromatic heterocycles. The lowest BCUT2D eigenvalue weighted by atomic mass is 10.0. The first-order chi connectivity index (χ1) is 16.7. The highest BCUT2D eigenvalue weighted by atomic mass is 32.2. The lowest BCUT2D eigenvalue weighted by molar-refractivity contribution is -0.137. The predicted molar refractivity (Wildman–Crippen MR) is 128 cm³/mol. The minimum Gasteiger partial charge on any atom is -0.377 e. The van der Waals surface area contributed by atoms with Crippen LogP contribution in [0.1, 0.15) is 45.8 Å². The van der Waals surface area contributed by atoms with E-state index in [0.717, 1.165) is 23.0 Å². The van der Waals surface area contributed by atoms with Gasteiger partial charge in [-0.25, -0.2) is 8.42 Å². The minimum absolute atomic E-state index is 0.00504. The van der Waals surface area contributed by atoms with Gasteiger partial charge >= 0.3 is 6.18 Å². The Bertz CT molecular complexity index is 1450. The van der Waals surface area contributed by atoms with Crippen LogP contribution in [0.5, 0.6) is 0 Å². The van der Waals surface area contributed by atoms with Crippen molar-refractivity contribution in [3.63, 3.8) is 0 Å². The molecule has 0 spiro atoms. The zero-order valence-electron chi connectivity index (χ0n) is 20.0. The van der Waals surface area contributed by atoms with E-state index in [1.165, 1.54) is 49.6 Å². The molecule has 0 radical (unpaired) electrons. The van der Waals surface area contributed by atoms with Crippen molar-refractivity contribution in [2.45, 2.75) is 37.6 Å². The summed E-state index contributed by atoms with van der Waals surface area (Å²) < 4.78 is 69.6. The van der Waals surface area contributed by atoms with Crippen molar-refractivity contribution in [2.75, 3.05) is 13.4 Å². The van der Waals surface area contributed by atoms with Gasteiger partial charge in [-0.3, -0.25) is 14.2 Å². The number of hydrogen-bond donors (Lipinski definition) is 1. The van der Waals surface area contributed by atoms with Crippen molar-refractivity contribution in [1.82, 2.24) is 9.88 Å². The molecule has 7 nitrogen and oxygen atoms in total. The fourth-order valence-corrected chi connectivity index (χ4v) is 4.32. The Morgan fingerprint density at radius 2 is 1.75 bits per heavy atom. The second-order valence-electron chi connectivity index (χ2n) is 8.26. The summed E-state index contributed by atoms with van der Waals surface area (Å²) >= 11 is 0. The van der Waals surface area contributed by atoms with Crippen molar-refractivity contribution >= 4 is 15.7 Å². The fraction of sp³-hybridized carbons (Fsp3) is 0.280. The minimum atomic E-state index is -4.61. The van der Waals surface area contributed by atoms with Gasteiger partial charge in [-0.15, -0.1) is 0 Å². The standard InChI is InChI=1S/C25H25F3N2O5S/c1-15-21(16(2)35-3)13-22(23(31)29-14-17-8-10-20(11-9-17)36(4,33)34)24(32)30(15)19-7-5-6-18(12-19)25(26,27)28/h5-13,16H,14H2,1-4H3,(H,29,31). The summed E-state index contributed by atoms with van der Waals surface area (Å²) in [7, 11) is -1.94. The molecule has 3 rings (SSSR count). The molecule has 36 heavy (non-hydrogen) atoms. The molecule has 0 saturated heterocycles. The summed E-state index contributed by atoms with van der Waals surface area (Å²) in [6.45, 7) is 3.25. The Kier molecular flexibility index (Phi) is 7.75. The summed E-state index contributed by atoms with van der Waals surface area (Å²) in [4.78, 5) is 26.5. The number of pyridine rings is 1. The highest BCUT2D eigenvalue weighted by molar-refractivity contribution is 7.90. The first-order valence-corrected chi connectivity index (χ1v) is 12.7. The van der Waals surface area contributed by atoms with Crippen LogP contribution < -0.4 is 10.9 Å². The molecule has 11 heteroatoms. The molecule has 0 aliphatic carbocycles. The number of nitrogens with one attached hydrogen (secondary N) is 1. The Morgan fingerprint density at radius 1 is 1.11 bits per heavy atom. The van der Waals surface area contributed by atoms with E-state index in [2.05, 4.69) is 5.32 Å². The van der Waals surface area contributed by atoms with Crippen LogP contribution in [0.4, 0.5) is 13.2 Å². The van der Waals surface area contributed by atoms with Crippen LogP contribution in [0.25, 0.3) is 5.69 Å². The maximum Gasteiger partial charge on any atom is 0.416 e. The number of methoxy groups -OCH3 is 1. The number of benzene rings is 2. The monoisotopic (exact) mass is 522 g/mol. The third-order valence-electron chi connectivity index (χ3n) is 5.76. The van der Waals surface area contributed by atoms with Crippen LogP contribution >= 0.6 is 0 Å². The van der Waals surface area contributed by atoms with Crippen molar-refractivity contribution in [3.8, 4) is 5.69 Å². The number of carbonyl (C=O) groups is 1. The number of halogens is 3. The van der Waals surface area contributed by atoms with Gasteiger partial charge in [0.1, 0.15) is 5.56 Å². The van der Waals surface area contributed by atoms with Gasteiger partial charge in [-0.05, 0) is 55.8 Å². The van der Waals surface area contributed by atoms with Gasteiger partial charge in [-0.1, -0.05) is 18.2 Å². The maximum absolute atomic E-state index is 13.3. The number of carbonyl (C=O) groups excluding carboxylic acids is 1. The van der Waals surface area contributed by atoms with Gasteiger partial charge in [0.2, 0.25) is 0 Å². The van der Waals surface area contributed by atoms with Crippen LogP contribution in [0.2, 0.25) is 0 Å². The molecule has 0 bridgehead atoms. The number of sulfone groups is 1. The molecule has 192 valence electrons. The first-order valence-electron chi connectivity index (χ1n) is 10.8. The summed E-state index contributed by atoms with van der Waals surface area (Å²) in [6, 6.07) is 11.5. The van der Waals surface area contributed by atoms with Gasteiger partial charge in [-0.2, -0.15) is 13.2 Å². The summed E-state index contributed by atoms with van der Waals surface area (Å²) in [5, 5.41) is 2.61. The van der Waals surface area contributed by atoms with Crippen LogP contribution in [0, 0.1) is 6.92 Å². The molecule has 0 saturated carbocycles. The van der Waals surface area contributed by atoms with Gasteiger partial charge in [0.05, 0.1) is 16.6 Å². The van der Waals surface area contributed by atoms with E-state index in [1.807, 2.05) is 0 Å². The Balaban J connectivity index is 2.03. The fourth-order valence-electron chi connectivity index (χ4n) is 3.69. The number of alkyl halides is 3. The Labute approximate surface area is 206 Å². The number of amides is 1. The van der Waals surface area contributed by atoms with Crippen LogP contribution in [0.15, 0.2) is 64.3 Å². The van der Waals surface area contributed by atoms with E-state index in [0.29, 0.717) is 16.8 Å². The van der Waals surface area contributed by atoms with E-state index in [-0.39, 0.29) is 22.7 Å². The Hall–Kier alpha value is -3.44. The van der Waals surface area contributed by atoms with Crippen molar-refractivity contribution in [1.29, 1.82) is 0 Å².